The highest BCUT2D eigenvalue weighted by molar-refractivity contribution is 5.68. The predicted octanol–water partition coefficient (Wildman–Crippen LogP) is 4.35. The number of hydrogen-bond donors (Lipinski definition) is 0. The van der Waals surface area contributed by atoms with E-state index in [0.717, 1.165) is 24.9 Å². The standard InChI is InChI=1S/C12H21NO2.C7H4FN/c1-12(2,3)15-11(14)13-7-9-4-5-10(6-9)8-13;8-7-3-1-6(5-9)2-4-7/h9-10H,4-8H2,1-3H3;1-4H. The van der Waals surface area contributed by atoms with Gasteiger partial charge >= 0.3 is 6.09 Å². The quantitative estimate of drug-likeness (QED) is 0.709. The van der Waals surface area contributed by atoms with Gasteiger partial charge in [-0.25, -0.2) is 9.18 Å². The van der Waals surface area contributed by atoms with Crippen molar-refractivity contribution in [2.24, 2.45) is 11.8 Å². The molecule has 0 aromatic heterocycles. The van der Waals surface area contributed by atoms with Crippen LogP contribution in [0.5, 0.6) is 0 Å². The van der Waals surface area contributed by atoms with Crippen molar-refractivity contribution in [1.82, 2.24) is 4.90 Å². The predicted molar refractivity (Wildman–Crippen MR) is 89.8 cm³/mol. The molecule has 1 saturated heterocycles. The molecular formula is C19H25FN2O2. The summed E-state index contributed by atoms with van der Waals surface area (Å²) in [6.45, 7) is 7.58. The average Bonchev–Trinajstić information content (AvgIpc) is 2.85. The van der Waals surface area contributed by atoms with Crippen LogP contribution < -0.4 is 0 Å². The molecule has 1 aromatic carbocycles. The van der Waals surface area contributed by atoms with Gasteiger partial charge in [-0.05, 0) is 76.1 Å². The minimum Gasteiger partial charge on any atom is -0.444 e. The Morgan fingerprint density at radius 3 is 2.21 bits per heavy atom. The topological polar surface area (TPSA) is 53.3 Å². The first-order valence-corrected chi connectivity index (χ1v) is 8.40. The molecule has 1 heterocycles. The summed E-state index contributed by atoms with van der Waals surface area (Å²) in [4.78, 5) is 13.7. The maximum atomic E-state index is 12.1. The summed E-state index contributed by atoms with van der Waals surface area (Å²) >= 11 is 0. The van der Waals surface area contributed by atoms with Crippen molar-refractivity contribution in [3.8, 4) is 6.07 Å². The second-order valence-corrected chi connectivity index (χ2v) is 7.55. The molecule has 130 valence electrons. The van der Waals surface area contributed by atoms with E-state index < -0.39 is 0 Å². The van der Waals surface area contributed by atoms with Gasteiger partial charge in [0.15, 0.2) is 0 Å². The summed E-state index contributed by atoms with van der Waals surface area (Å²) in [5, 5.41) is 8.26. The molecule has 3 rings (SSSR count). The first-order chi connectivity index (χ1) is 11.3. The summed E-state index contributed by atoms with van der Waals surface area (Å²) in [5.41, 5.74) is 0.115. The van der Waals surface area contributed by atoms with E-state index in [4.69, 9.17) is 10.00 Å². The average molecular weight is 332 g/mol. The van der Waals surface area contributed by atoms with Gasteiger partial charge in [0.2, 0.25) is 0 Å². The molecule has 1 aliphatic heterocycles. The highest BCUT2D eigenvalue weighted by atomic mass is 19.1. The molecule has 0 radical (unpaired) electrons. The van der Waals surface area contributed by atoms with Crippen LogP contribution in [-0.2, 0) is 4.74 Å². The fourth-order valence-electron chi connectivity index (χ4n) is 3.21. The zero-order valence-corrected chi connectivity index (χ0v) is 14.6. The van der Waals surface area contributed by atoms with Gasteiger partial charge in [0, 0.05) is 13.1 Å². The van der Waals surface area contributed by atoms with Gasteiger partial charge in [0.05, 0.1) is 11.6 Å². The first kappa shape index (κ1) is 18.3. The largest absolute Gasteiger partial charge is 0.444 e. The number of piperidine rings is 1. The lowest BCUT2D eigenvalue weighted by atomic mass is 9.99. The van der Waals surface area contributed by atoms with Gasteiger partial charge in [0.1, 0.15) is 11.4 Å². The highest BCUT2D eigenvalue weighted by Crippen LogP contribution is 2.36. The number of benzene rings is 1. The van der Waals surface area contributed by atoms with Gasteiger partial charge in [-0.3, -0.25) is 0 Å². The maximum absolute atomic E-state index is 12.1. The van der Waals surface area contributed by atoms with Crippen LogP contribution in [0.4, 0.5) is 9.18 Å². The van der Waals surface area contributed by atoms with Crippen molar-refractivity contribution in [3.63, 3.8) is 0 Å². The highest BCUT2D eigenvalue weighted by Gasteiger charge is 2.36. The Labute approximate surface area is 143 Å². The molecule has 0 N–H and O–H groups in total. The number of carbonyl (C=O) groups is 1. The van der Waals surface area contributed by atoms with Crippen molar-refractivity contribution in [3.05, 3.63) is 35.6 Å². The number of carbonyl (C=O) groups excluding carboxylic acids is 1. The van der Waals surface area contributed by atoms with Crippen LogP contribution in [-0.4, -0.2) is 29.7 Å². The Bertz CT molecular complexity index is 589. The third kappa shape index (κ3) is 5.52. The molecule has 2 unspecified atom stereocenters. The Morgan fingerprint density at radius 2 is 1.75 bits per heavy atom. The van der Waals surface area contributed by atoms with E-state index in [0.29, 0.717) is 5.56 Å². The zero-order chi connectivity index (χ0) is 17.7. The molecule has 1 aliphatic carbocycles. The number of nitrogens with zero attached hydrogens (tertiary/aromatic N) is 2. The number of fused-ring (bicyclic) bond motifs is 2. The number of halogens is 1. The number of ether oxygens (including phenoxy) is 1. The molecule has 2 bridgehead atoms. The Balaban J connectivity index is 0.000000198. The molecule has 1 amide bonds. The minimum atomic E-state index is -0.367. The van der Waals surface area contributed by atoms with Crippen molar-refractivity contribution in [2.45, 2.75) is 45.6 Å². The van der Waals surface area contributed by atoms with E-state index in [9.17, 15) is 9.18 Å². The van der Waals surface area contributed by atoms with Crippen LogP contribution in [0, 0.1) is 29.0 Å². The van der Waals surface area contributed by atoms with Crippen LogP contribution in [0.2, 0.25) is 0 Å². The summed E-state index contributed by atoms with van der Waals surface area (Å²) < 4.78 is 17.5. The van der Waals surface area contributed by atoms with Crippen LogP contribution in [0.15, 0.2) is 24.3 Å². The van der Waals surface area contributed by atoms with E-state index >= 15 is 0 Å². The lowest BCUT2D eigenvalue weighted by Gasteiger charge is -2.33. The SMILES string of the molecule is CC(C)(C)OC(=O)N1CC2CCC(C2)C1.N#Cc1ccc(F)cc1. The van der Waals surface area contributed by atoms with E-state index in [-0.39, 0.29) is 17.5 Å². The van der Waals surface area contributed by atoms with Crippen molar-refractivity contribution < 1.29 is 13.9 Å². The Kier molecular flexibility index (Phi) is 5.82. The van der Waals surface area contributed by atoms with Crippen LogP contribution >= 0.6 is 0 Å². The van der Waals surface area contributed by atoms with Gasteiger partial charge in [-0.15, -0.1) is 0 Å². The molecule has 1 saturated carbocycles. The summed E-state index contributed by atoms with van der Waals surface area (Å²) in [7, 11) is 0. The third-order valence-electron chi connectivity index (χ3n) is 4.23. The van der Waals surface area contributed by atoms with Gasteiger partial charge < -0.3 is 9.64 Å². The summed E-state index contributed by atoms with van der Waals surface area (Å²) in [5.74, 6) is 1.15. The molecule has 2 atom stereocenters. The number of likely N-dealkylation sites (tertiary alicyclic amines) is 1. The van der Waals surface area contributed by atoms with E-state index in [2.05, 4.69) is 0 Å². The lowest BCUT2D eigenvalue weighted by Crippen LogP contribution is -2.43. The molecular weight excluding hydrogens is 307 g/mol. The van der Waals surface area contributed by atoms with Crippen molar-refractivity contribution >= 4 is 6.09 Å². The molecule has 5 heteroatoms. The van der Waals surface area contributed by atoms with Crippen LogP contribution in [0.3, 0.4) is 0 Å². The number of nitriles is 1. The van der Waals surface area contributed by atoms with Crippen molar-refractivity contribution in [1.29, 1.82) is 5.26 Å². The van der Waals surface area contributed by atoms with E-state index in [1.165, 1.54) is 43.5 Å². The molecule has 0 spiro atoms. The van der Waals surface area contributed by atoms with Gasteiger partial charge in [0.25, 0.3) is 0 Å². The van der Waals surface area contributed by atoms with Gasteiger partial charge in [-0.1, -0.05) is 0 Å². The fourth-order valence-corrected chi connectivity index (χ4v) is 3.21. The molecule has 4 nitrogen and oxygen atoms in total. The second kappa shape index (κ2) is 7.65. The number of amides is 1. The third-order valence-corrected chi connectivity index (χ3v) is 4.23. The van der Waals surface area contributed by atoms with Gasteiger partial charge in [-0.2, -0.15) is 5.26 Å². The second-order valence-electron chi connectivity index (χ2n) is 7.55. The fraction of sp³-hybridized carbons (Fsp3) is 0.579. The zero-order valence-electron chi connectivity index (χ0n) is 14.6. The monoisotopic (exact) mass is 332 g/mol. The summed E-state index contributed by atoms with van der Waals surface area (Å²) in [6, 6.07) is 7.29. The maximum Gasteiger partial charge on any atom is 0.410 e. The molecule has 24 heavy (non-hydrogen) atoms. The van der Waals surface area contributed by atoms with E-state index in [1.807, 2.05) is 31.7 Å². The molecule has 2 aliphatic rings. The lowest BCUT2D eigenvalue weighted by molar-refractivity contribution is 0.0154. The number of rotatable bonds is 0. The molecule has 2 fully saturated rings. The van der Waals surface area contributed by atoms with E-state index in [1.54, 1.807) is 0 Å². The Morgan fingerprint density at radius 1 is 1.21 bits per heavy atom. The van der Waals surface area contributed by atoms with Crippen LogP contribution in [0.1, 0.15) is 45.6 Å². The summed E-state index contributed by atoms with van der Waals surface area (Å²) in [6.07, 6.45) is 3.78. The normalized spacial score (nSPS) is 22.2. The Hall–Kier alpha value is -2.09. The minimum absolute atomic E-state index is 0.126. The smallest absolute Gasteiger partial charge is 0.410 e. The molecule has 1 aromatic rings. The van der Waals surface area contributed by atoms with Crippen LogP contribution in [0.25, 0.3) is 0 Å². The van der Waals surface area contributed by atoms with Crippen molar-refractivity contribution in [2.75, 3.05) is 13.1 Å². The number of hydrogen-bond acceptors (Lipinski definition) is 3. The first-order valence-electron chi connectivity index (χ1n) is 8.40.